The summed E-state index contributed by atoms with van der Waals surface area (Å²) in [5.41, 5.74) is 0.992. The van der Waals surface area contributed by atoms with Crippen LogP contribution in [0.3, 0.4) is 0 Å². The number of hydrogen-bond acceptors (Lipinski definition) is 1. The third-order valence-electron chi connectivity index (χ3n) is 1.56. The van der Waals surface area contributed by atoms with E-state index in [4.69, 9.17) is 0 Å². The predicted molar refractivity (Wildman–Crippen MR) is 53.1 cm³/mol. The number of ketones is 1. The lowest BCUT2D eigenvalue weighted by Gasteiger charge is -2.14. The first kappa shape index (κ1) is 11.4. The molecule has 0 aromatic heterocycles. The Bertz CT molecular complexity index is 192. The van der Waals surface area contributed by atoms with Gasteiger partial charge in [-0.1, -0.05) is 40.7 Å². The van der Waals surface area contributed by atoms with Gasteiger partial charge in [-0.25, -0.2) is 0 Å². The normalized spacial score (nSPS) is 13.8. The Morgan fingerprint density at radius 2 is 1.67 bits per heavy atom. The van der Waals surface area contributed by atoms with Crippen molar-refractivity contribution in [2.45, 2.75) is 41.5 Å². The summed E-state index contributed by atoms with van der Waals surface area (Å²) in [6, 6.07) is 0. The average molecular weight is 168 g/mol. The van der Waals surface area contributed by atoms with Crippen LogP contribution in [0.1, 0.15) is 41.5 Å². The molecule has 0 aromatic carbocycles. The van der Waals surface area contributed by atoms with Crippen LogP contribution < -0.4 is 0 Å². The summed E-state index contributed by atoms with van der Waals surface area (Å²) < 4.78 is 0. The van der Waals surface area contributed by atoms with E-state index in [1.807, 2.05) is 26.8 Å². The second kappa shape index (κ2) is 3.88. The first-order valence-electron chi connectivity index (χ1n) is 4.47. The molecule has 0 saturated heterocycles. The fraction of sp³-hybridized carbons (Fsp3) is 0.727. The largest absolute Gasteiger partial charge is 0.294 e. The lowest BCUT2D eigenvalue weighted by molar-refractivity contribution is -0.118. The Kier molecular flexibility index (Phi) is 3.69. The minimum atomic E-state index is 0.106. The molecular weight excluding hydrogens is 148 g/mol. The molecule has 0 saturated carbocycles. The molecule has 1 nitrogen and oxygen atoms in total. The van der Waals surface area contributed by atoms with Crippen LogP contribution in [0.25, 0.3) is 0 Å². The monoisotopic (exact) mass is 168 g/mol. The molecule has 0 aliphatic heterocycles. The highest BCUT2D eigenvalue weighted by Gasteiger charge is 2.13. The maximum Gasteiger partial charge on any atom is 0.160 e. The summed E-state index contributed by atoms with van der Waals surface area (Å²) in [6.07, 6.45) is 2.04. The van der Waals surface area contributed by atoms with Crippen molar-refractivity contribution in [1.29, 1.82) is 0 Å². The molecule has 0 aromatic rings. The van der Waals surface area contributed by atoms with Crippen LogP contribution in [0.2, 0.25) is 0 Å². The van der Waals surface area contributed by atoms with E-state index in [1.54, 1.807) is 0 Å². The Hall–Kier alpha value is -0.590. The van der Waals surface area contributed by atoms with E-state index in [9.17, 15) is 4.79 Å². The van der Waals surface area contributed by atoms with Crippen molar-refractivity contribution >= 4 is 5.78 Å². The number of hydrogen-bond donors (Lipinski definition) is 0. The first-order valence-corrected chi connectivity index (χ1v) is 4.47. The molecule has 0 spiro atoms. The molecule has 0 aliphatic rings. The fourth-order valence-electron chi connectivity index (χ4n) is 1.18. The molecule has 12 heavy (non-hydrogen) atoms. The van der Waals surface area contributed by atoms with Crippen molar-refractivity contribution in [3.05, 3.63) is 11.6 Å². The highest BCUT2D eigenvalue weighted by molar-refractivity contribution is 5.96. The summed E-state index contributed by atoms with van der Waals surface area (Å²) in [7, 11) is 0. The van der Waals surface area contributed by atoms with Crippen molar-refractivity contribution < 1.29 is 4.79 Å². The zero-order valence-electron chi connectivity index (χ0n) is 9.06. The number of allylic oxidation sites excluding steroid dienone is 2. The van der Waals surface area contributed by atoms with Crippen molar-refractivity contribution in [2.24, 2.45) is 11.3 Å². The molecule has 70 valence electrons. The summed E-state index contributed by atoms with van der Waals surface area (Å²) in [5.74, 6) is 0.369. The minimum Gasteiger partial charge on any atom is -0.294 e. The van der Waals surface area contributed by atoms with Crippen molar-refractivity contribution in [3.8, 4) is 0 Å². The third kappa shape index (κ3) is 4.32. The van der Waals surface area contributed by atoms with Gasteiger partial charge in [-0.15, -0.1) is 0 Å². The fourth-order valence-corrected chi connectivity index (χ4v) is 1.18. The van der Waals surface area contributed by atoms with Crippen molar-refractivity contribution in [1.82, 2.24) is 0 Å². The standard InChI is InChI=1S/C11H20O/c1-8(2)10(12)9(3)7-11(4,5)6/h7-8H,1-6H3/b9-7+. The molecular formula is C11H20O. The number of carbonyl (C=O) groups excluding carboxylic acids is 1. The molecule has 1 heteroatoms. The molecule has 0 aliphatic carbocycles. The van der Waals surface area contributed by atoms with Crippen LogP contribution in [0.4, 0.5) is 0 Å². The summed E-state index contributed by atoms with van der Waals surface area (Å²) in [5, 5.41) is 0. The van der Waals surface area contributed by atoms with Gasteiger partial charge < -0.3 is 0 Å². The average Bonchev–Trinajstić information content (AvgIpc) is 1.82. The maximum atomic E-state index is 11.5. The zero-order chi connectivity index (χ0) is 9.94. The number of carbonyl (C=O) groups is 1. The highest BCUT2D eigenvalue weighted by Crippen LogP contribution is 2.19. The minimum absolute atomic E-state index is 0.106. The van der Waals surface area contributed by atoms with Crippen LogP contribution in [0, 0.1) is 11.3 Å². The van der Waals surface area contributed by atoms with E-state index < -0.39 is 0 Å². The van der Waals surface area contributed by atoms with Gasteiger partial charge in [0.15, 0.2) is 5.78 Å². The number of Topliss-reactive ketones (excluding diaryl/α,β-unsaturated/α-hetero) is 1. The molecule has 0 fully saturated rings. The molecule has 0 heterocycles. The van der Waals surface area contributed by atoms with Gasteiger partial charge in [0, 0.05) is 5.92 Å². The molecule has 0 unspecified atom stereocenters. The first-order chi connectivity index (χ1) is 5.24. The Labute approximate surface area is 75.9 Å². The quantitative estimate of drug-likeness (QED) is 0.579. The van der Waals surface area contributed by atoms with Crippen molar-refractivity contribution in [2.75, 3.05) is 0 Å². The van der Waals surface area contributed by atoms with Gasteiger partial charge in [-0.2, -0.15) is 0 Å². The summed E-state index contributed by atoms with van der Waals surface area (Å²) >= 11 is 0. The van der Waals surface area contributed by atoms with Gasteiger partial charge in [0.05, 0.1) is 0 Å². The molecule has 0 radical (unpaired) electrons. The van der Waals surface area contributed by atoms with E-state index in [2.05, 4.69) is 20.8 Å². The smallest absolute Gasteiger partial charge is 0.160 e. The van der Waals surface area contributed by atoms with Gasteiger partial charge in [0.2, 0.25) is 0 Å². The molecule has 0 bridgehead atoms. The second-order valence-corrected chi connectivity index (χ2v) is 4.71. The van der Waals surface area contributed by atoms with Crippen LogP contribution in [-0.2, 0) is 4.79 Å². The molecule has 0 amide bonds. The van der Waals surface area contributed by atoms with Gasteiger partial charge in [0.25, 0.3) is 0 Å². The maximum absolute atomic E-state index is 11.5. The van der Waals surface area contributed by atoms with E-state index in [1.165, 1.54) is 0 Å². The second-order valence-electron chi connectivity index (χ2n) is 4.71. The summed E-state index contributed by atoms with van der Waals surface area (Å²) in [6.45, 7) is 12.1. The zero-order valence-corrected chi connectivity index (χ0v) is 9.06. The van der Waals surface area contributed by atoms with E-state index in [0.29, 0.717) is 0 Å². The Morgan fingerprint density at radius 3 is 1.92 bits per heavy atom. The van der Waals surface area contributed by atoms with Crippen LogP contribution in [0.5, 0.6) is 0 Å². The Morgan fingerprint density at radius 1 is 1.25 bits per heavy atom. The Balaban J connectivity index is 4.50. The molecule has 0 N–H and O–H groups in total. The van der Waals surface area contributed by atoms with Crippen LogP contribution in [-0.4, -0.2) is 5.78 Å². The van der Waals surface area contributed by atoms with Crippen LogP contribution >= 0.6 is 0 Å². The van der Waals surface area contributed by atoms with E-state index >= 15 is 0 Å². The van der Waals surface area contributed by atoms with E-state index in [-0.39, 0.29) is 17.1 Å². The van der Waals surface area contributed by atoms with Crippen LogP contribution in [0.15, 0.2) is 11.6 Å². The topological polar surface area (TPSA) is 17.1 Å². The predicted octanol–water partition coefficient (Wildman–Crippen LogP) is 3.20. The molecule has 0 atom stereocenters. The van der Waals surface area contributed by atoms with Gasteiger partial charge in [0.1, 0.15) is 0 Å². The lowest BCUT2D eigenvalue weighted by atomic mass is 9.90. The highest BCUT2D eigenvalue weighted by atomic mass is 16.1. The molecule has 0 rings (SSSR count). The van der Waals surface area contributed by atoms with E-state index in [0.717, 1.165) is 5.57 Å². The summed E-state index contributed by atoms with van der Waals surface area (Å²) in [4.78, 5) is 11.5. The van der Waals surface area contributed by atoms with Gasteiger partial charge in [-0.3, -0.25) is 4.79 Å². The number of rotatable bonds is 2. The van der Waals surface area contributed by atoms with Gasteiger partial charge >= 0.3 is 0 Å². The van der Waals surface area contributed by atoms with Gasteiger partial charge in [-0.05, 0) is 17.9 Å². The SMILES string of the molecule is C/C(=C\C(C)(C)C)C(=O)C(C)C. The van der Waals surface area contributed by atoms with Crippen molar-refractivity contribution in [3.63, 3.8) is 0 Å². The lowest BCUT2D eigenvalue weighted by Crippen LogP contribution is -2.11. The third-order valence-corrected chi connectivity index (χ3v) is 1.56.